The molecule has 0 saturated carbocycles. The quantitative estimate of drug-likeness (QED) is 0.451. The Balaban J connectivity index is 3.24. The van der Waals surface area contributed by atoms with Crippen LogP contribution >= 0.6 is 0 Å². The summed E-state index contributed by atoms with van der Waals surface area (Å²) in [6.07, 6.45) is 0. The molecule has 0 rings (SSSR count). The van der Waals surface area contributed by atoms with E-state index in [0.717, 1.165) is 15.3 Å². The Morgan fingerprint density at radius 3 is 2.12 bits per heavy atom. The van der Waals surface area contributed by atoms with Gasteiger partial charge in [0.1, 0.15) is 0 Å². The summed E-state index contributed by atoms with van der Waals surface area (Å²) in [6.45, 7) is 5.67. The zero-order chi connectivity index (χ0) is 6.62. The SMILES string of the molecule is CC(C)(C)[O][Cu][CH]=O. The zero-order valence-electron chi connectivity index (χ0n) is 5.20. The molecule has 0 aromatic rings. The first-order valence-electron chi connectivity index (χ1n) is 2.24. The summed E-state index contributed by atoms with van der Waals surface area (Å²) >= 11 is 0.914. The molecule has 0 aliphatic carbocycles. The van der Waals surface area contributed by atoms with Crippen LogP contribution in [0.25, 0.3) is 0 Å². The van der Waals surface area contributed by atoms with Crippen molar-refractivity contribution in [3.05, 3.63) is 0 Å². The Bertz CT molecular complexity index is 75.0. The monoisotopic (exact) mass is 165 g/mol. The predicted molar refractivity (Wildman–Crippen MR) is 27.6 cm³/mol. The van der Waals surface area contributed by atoms with Crippen LogP contribution in [0.15, 0.2) is 0 Å². The summed E-state index contributed by atoms with van der Waals surface area (Å²) in [6, 6.07) is 0. The van der Waals surface area contributed by atoms with Crippen LogP contribution in [0.4, 0.5) is 0 Å². The van der Waals surface area contributed by atoms with Gasteiger partial charge >= 0.3 is 55.5 Å². The van der Waals surface area contributed by atoms with Crippen molar-refractivity contribution in [2.45, 2.75) is 26.4 Å². The summed E-state index contributed by atoms with van der Waals surface area (Å²) in [5.74, 6) is 0. The van der Waals surface area contributed by atoms with E-state index in [2.05, 4.69) is 0 Å². The molecular formula is C5H10CuO2. The molecule has 0 fully saturated rings. The van der Waals surface area contributed by atoms with Gasteiger partial charge in [0, 0.05) is 0 Å². The molecule has 8 heavy (non-hydrogen) atoms. The van der Waals surface area contributed by atoms with Crippen LogP contribution in [0.1, 0.15) is 20.8 Å². The molecule has 0 aliphatic heterocycles. The van der Waals surface area contributed by atoms with Gasteiger partial charge in [0.2, 0.25) is 0 Å². The van der Waals surface area contributed by atoms with E-state index in [1.54, 1.807) is 0 Å². The number of carbonyl (C=O) groups excluding carboxylic acids is 1. The average Bonchev–Trinajstić information content (AvgIpc) is 1.59. The minimum absolute atomic E-state index is 0.221. The van der Waals surface area contributed by atoms with Crippen molar-refractivity contribution in [3.63, 3.8) is 0 Å². The van der Waals surface area contributed by atoms with Crippen molar-refractivity contribution in [1.82, 2.24) is 0 Å². The normalized spacial score (nSPS) is 11.9. The van der Waals surface area contributed by atoms with Gasteiger partial charge in [0.15, 0.2) is 0 Å². The Morgan fingerprint density at radius 1 is 1.50 bits per heavy atom. The van der Waals surface area contributed by atoms with E-state index >= 15 is 0 Å². The van der Waals surface area contributed by atoms with Crippen molar-refractivity contribution in [3.8, 4) is 0 Å². The van der Waals surface area contributed by atoms with Gasteiger partial charge in [-0.1, -0.05) is 0 Å². The molecule has 0 saturated heterocycles. The van der Waals surface area contributed by atoms with E-state index in [-0.39, 0.29) is 5.60 Å². The molecule has 0 atom stereocenters. The summed E-state index contributed by atoms with van der Waals surface area (Å²) in [5.41, 5.74) is -0.221. The number of rotatable bonds is 2. The van der Waals surface area contributed by atoms with Crippen LogP contribution in [0.2, 0.25) is 0 Å². The minimum atomic E-state index is -0.221. The van der Waals surface area contributed by atoms with E-state index in [1.165, 1.54) is 0 Å². The maximum atomic E-state index is 9.68. The van der Waals surface area contributed by atoms with Gasteiger partial charge in [-0.2, -0.15) is 0 Å². The number of carbonyl (C=O) groups is 1. The van der Waals surface area contributed by atoms with E-state index in [4.69, 9.17) is 3.82 Å². The Morgan fingerprint density at radius 2 is 2.00 bits per heavy atom. The molecule has 0 aromatic carbocycles. The van der Waals surface area contributed by atoms with Gasteiger partial charge in [0.05, 0.1) is 0 Å². The molecule has 0 amide bonds. The molecule has 3 heteroatoms. The zero-order valence-corrected chi connectivity index (χ0v) is 6.14. The van der Waals surface area contributed by atoms with Crippen LogP contribution < -0.4 is 0 Å². The third-order valence-electron chi connectivity index (χ3n) is 0.249. The van der Waals surface area contributed by atoms with Gasteiger partial charge in [-0.25, -0.2) is 0 Å². The van der Waals surface area contributed by atoms with Crippen molar-refractivity contribution < 1.29 is 23.9 Å². The summed E-state index contributed by atoms with van der Waals surface area (Å²) in [4.78, 5) is 9.68. The molecular weight excluding hydrogens is 156 g/mol. The summed E-state index contributed by atoms with van der Waals surface area (Å²) in [5, 5.41) is 0.661. The molecule has 0 unspecified atom stereocenters. The predicted octanol–water partition coefficient (Wildman–Crippen LogP) is 0.989. The first-order chi connectivity index (χ1) is 3.56. The first-order valence-corrected chi connectivity index (χ1v) is 3.17. The Hall–Kier alpha value is 0.149. The molecule has 0 radical (unpaired) electrons. The second-order valence-corrected chi connectivity index (χ2v) is 2.95. The van der Waals surface area contributed by atoms with Gasteiger partial charge in [-0.15, -0.1) is 0 Å². The molecule has 0 bridgehead atoms. The molecule has 0 spiro atoms. The average molecular weight is 166 g/mol. The van der Waals surface area contributed by atoms with Crippen molar-refractivity contribution in [1.29, 1.82) is 0 Å². The number of hydrogen-bond donors (Lipinski definition) is 0. The summed E-state index contributed by atoms with van der Waals surface area (Å²) < 4.78 is 4.92. The third-order valence-corrected chi connectivity index (χ3v) is 1.03. The van der Waals surface area contributed by atoms with Crippen molar-refractivity contribution in [2.24, 2.45) is 0 Å². The third kappa shape index (κ3) is 6.15. The van der Waals surface area contributed by atoms with Gasteiger partial charge in [0.25, 0.3) is 0 Å². The molecule has 0 aliphatic rings. The molecule has 2 nitrogen and oxygen atoms in total. The van der Waals surface area contributed by atoms with E-state index < -0.39 is 0 Å². The van der Waals surface area contributed by atoms with Crippen LogP contribution in [-0.4, -0.2) is 10.8 Å². The second kappa shape index (κ2) is 3.23. The van der Waals surface area contributed by atoms with Crippen molar-refractivity contribution >= 4 is 5.18 Å². The van der Waals surface area contributed by atoms with Crippen LogP contribution in [0.3, 0.4) is 0 Å². The van der Waals surface area contributed by atoms with E-state index in [1.807, 2.05) is 20.8 Å². The van der Waals surface area contributed by atoms with E-state index in [9.17, 15) is 4.79 Å². The fourth-order valence-electron chi connectivity index (χ4n) is 0.121. The van der Waals surface area contributed by atoms with Crippen LogP contribution in [0.5, 0.6) is 0 Å². The van der Waals surface area contributed by atoms with Crippen LogP contribution in [0, 0.1) is 0 Å². The van der Waals surface area contributed by atoms with Crippen LogP contribution in [-0.2, 0) is 23.9 Å². The number of hydrogen-bond acceptors (Lipinski definition) is 2. The summed E-state index contributed by atoms with van der Waals surface area (Å²) in [7, 11) is 0. The van der Waals surface area contributed by atoms with Crippen molar-refractivity contribution in [2.75, 3.05) is 0 Å². The molecule has 53 valence electrons. The topological polar surface area (TPSA) is 26.3 Å². The Kier molecular flexibility index (Phi) is 3.29. The molecule has 0 heterocycles. The molecule has 0 aromatic heterocycles. The first kappa shape index (κ1) is 8.15. The van der Waals surface area contributed by atoms with Gasteiger partial charge < -0.3 is 0 Å². The van der Waals surface area contributed by atoms with Gasteiger partial charge in [-0.3, -0.25) is 0 Å². The second-order valence-electron chi connectivity index (χ2n) is 2.32. The fourth-order valence-corrected chi connectivity index (χ4v) is 0.499. The fraction of sp³-hybridized carbons (Fsp3) is 0.800. The van der Waals surface area contributed by atoms with E-state index in [0.29, 0.717) is 5.18 Å². The maximum absolute atomic E-state index is 9.68. The molecule has 0 N–H and O–H groups in total. The Labute approximate surface area is 56.1 Å². The standard InChI is InChI=1S/C4H9O.CHO.Cu/c1-4(2,3)5;1-2;/h1-3H3;1H;/q-1;;+1. The van der Waals surface area contributed by atoms with Gasteiger partial charge in [-0.05, 0) is 0 Å².